The number of likely N-dealkylation sites (tertiary alicyclic amines) is 1. The SMILES string of the molecule is CC(C)CNC(=O)C1CCN(C(=O)Nc2ccc(NC(=O)NC3CCCC3)cc2)CC1. The average molecular weight is 430 g/mol. The molecule has 0 spiro atoms. The Balaban J connectivity index is 1.40. The van der Waals surface area contributed by atoms with Gasteiger partial charge in [-0.15, -0.1) is 0 Å². The highest BCUT2D eigenvalue weighted by atomic mass is 16.2. The highest BCUT2D eigenvalue weighted by Crippen LogP contribution is 2.20. The molecule has 1 aliphatic heterocycles. The Kier molecular flexibility index (Phi) is 8.14. The first kappa shape index (κ1) is 22.9. The lowest BCUT2D eigenvalue weighted by molar-refractivity contribution is -0.126. The van der Waals surface area contributed by atoms with E-state index >= 15 is 0 Å². The van der Waals surface area contributed by atoms with Crippen molar-refractivity contribution >= 4 is 29.3 Å². The molecule has 8 nitrogen and oxygen atoms in total. The summed E-state index contributed by atoms with van der Waals surface area (Å²) in [5, 5.41) is 11.7. The fraction of sp³-hybridized carbons (Fsp3) is 0.609. The fourth-order valence-electron chi connectivity index (χ4n) is 4.06. The molecule has 1 heterocycles. The Labute approximate surface area is 184 Å². The molecule has 2 fully saturated rings. The number of nitrogens with one attached hydrogen (secondary N) is 4. The summed E-state index contributed by atoms with van der Waals surface area (Å²) in [6.45, 7) is 5.95. The van der Waals surface area contributed by atoms with E-state index in [-0.39, 0.29) is 29.9 Å². The molecule has 31 heavy (non-hydrogen) atoms. The van der Waals surface area contributed by atoms with Crippen LogP contribution >= 0.6 is 0 Å². The van der Waals surface area contributed by atoms with Crippen LogP contribution in [0.25, 0.3) is 0 Å². The molecule has 1 aromatic carbocycles. The summed E-state index contributed by atoms with van der Waals surface area (Å²) in [7, 11) is 0. The molecule has 1 aliphatic carbocycles. The van der Waals surface area contributed by atoms with Gasteiger partial charge in [0.15, 0.2) is 0 Å². The minimum atomic E-state index is -0.191. The Morgan fingerprint density at radius 3 is 2.10 bits per heavy atom. The third-order valence-electron chi connectivity index (χ3n) is 5.92. The van der Waals surface area contributed by atoms with Gasteiger partial charge in [-0.2, -0.15) is 0 Å². The van der Waals surface area contributed by atoms with Gasteiger partial charge in [0.05, 0.1) is 0 Å². The molecule has 1 saturated heterocycles. The molecule has 8 heteroatoms. The van der Waals surface area contributed by atoms with Gasteiger partial charge in [-0.3, -0.25) is 4.79 Å². The van der Waals surface area contributed by atoms with E-state index in [4.69, 9.17) is 0 Å². The molecule has 170 valence electrons. The summed E-state index contributed by atoms with van der Waals surface area (Å²) in [5.74, 6) is 0.496. The van der Waals surface area contributed by atoms with Crippen molar-refractivity contribution < 1.29 is 14.4 Å². The Bertz CT molecular complexity index is 751. The Hall–Kier alpha value is -2.77. The number of urea groups is 2. The van der Waals surface area contributed by atoms with Crippen LogP contribution in [0.2, 0.25) is 0 Å². The molecule has 0 atom stereocenters. The Morgan fingerprint density at radius 2 is 1.52 bits per heavy atom. The average Bonchev–Trinajstić information content (AvgIpc) is 3.26. The topological polar surface area (TPSA) is 103 Å². The number of nitrogens with zero attached hydrogens (tertiary/aromatic N) is 1. The van der Waals surface area contributed by atoms with E-state index in [0.717, 1.165) is 12.8 Å². The van der Waals surface area contributed by atoms with Gasteiger partial charge in [-0.1, -0.05) is 26.7 Å². The summed E-state index contributed by atoms with van der Waals surface area (Å²) < 4.78 is 0. The molecule has 3 rings (SSSR count). The maximum Gasteiger partial charge on any atom is 0.321 e. The number of rotatable bonds is 6. The van der Waals surface area contributed by atoms with Gasteiger partial charge in [0.2, 0.25) is 5.91 Å². The maximum absolute atomic E-state index is 12.5. The Morgan fingerprint density at radius 1 is 0.935 bits per heavy atom. The van der Waals surface area contributed by atoms with E-state index < -0.39 is 0 Å². The van der Waals surface area contributed by atoms with Crippen LogP contribution in [0.4, 0.5) is 21.0 Å². The van der Waals surface area contributed by atoms with Gasteiger partial charge in [0, 0.05) is 43.0 Å². The third kappa shape index (κ3) is 7.15. The van der Waals surface area contributed by atoms with Crippen LogP contribution in [0.1, 0.15) is 52.4 Å². The molecular weight excluding hydrogens is 394 g/mol. The first-order valence-electron chi connectivity index (χ1n) is 11.4. The number of hydrogen-bond acceptors (Lipinski definition) is 3. The quantitative estimate of drug-likeness (QED) is 0.553. The van der Waals surface area contributed by atoms with Crippen LogP contribution in [0.15, 0.2) is 24.3 Å². The second-order valence-corrected chi connectivity index (χ2v) is 8.99. The predicted octanol–water partition coefficient (Wildman–Crippen LogP) is 3.77. The number of carbonyl (C=O) groups is 3. The van der Waals surface area contributed by atoms with Gasteiger partial charge in [-0.05, 0) is 55.9 Å². The van der Waals surface area contributed by atoms with E-state index in [2.05, 4.69) is 35.1 Å². The third-order valence-corrected chi connectivity index (χ3v) is 5.92. The lowest BCUT2D eigenvalue weighted by Gasteiger charge is -2.31. The van der Waals surface area contributed by atoms with Crippen LogP contribution in [0.5, 0.6) is 0 Å². The van der Waals surface area contributed by atoms with E-state index in [1.165, 1.54) is 12.8 Å². The van der Waals surface area contributed by atoms with Crippen LogP contribution in [-0.4, -0.2) is 48.5 Å². The standard InChI is InChI=1S/C23H35N5O3/c1-16(2)15-24-21(29)17-11-13-28(14-12-17)23(31)27-20-9-7-19(8-10-20)26-22(30)25-18-5-3-4-6-18/h7-10,16-18H,3-6,11-15H2,1-2H3,(H,24,29)(H,27,31)(H2,25,26,30). The summed E-state index contributed by atoms with van der Waals surface area (Å²) >= 11 is 0. The summed E-state index contributed by atoms with van der Waals surface area (Å²) in [6.07, 6.45) is 5.77. The molecule has 1 saturated carbocycles. The first-order valence-corrected chi connectivity index (χ1v) is 11.4. The van der Waals surface area contributed by atoms with Crippen molar-refractivity contribution in [1.82, 2.24) is 15.5 Å². The van der Waals surface area contributed by atoms with E-state index in [9.17, 15) is 14.4 Å². The van der Waals surface area contributed by atoms with Crippen molar-refractivity contribution in [2.75, 3.05) is 30.3 Å². The lowest BCUT2D eigenvalue weighted by atomic mass is 9.96. The minimum Gasteiger partial charge on any atom is -0.356 e. The highest BCUT2D eigenvalue weighted by molar-refractivity contribution is 5.92. The number of piperidine rings is 1. The number of carbonyl (C=O) groups excluding carboxylic acids is 3. The van der Waals surface area contributed by atoms with Crippen LogP contribution in [-0.2, 0) is 4.79 Å². The normalized spacial score (nSPS) is 17.5. The van der Waals surface area contributed by atoms with Gasteiger partial charge in [-0.25, -0.2) is 9.59 Å². The predicted molar refractivity (Wildman–Crippen MR) is 122 cm³/mol. The van der Waals surface area contributed by atoms with Crippen molar-refractivity contribution in [3.05, 3.63) is 24.3 Å². The lowest BCUT2D eigenvalue weighted by Crippen LogP contribution is -2.45. The number of benzene rings is 1. The second-order valence-electron chi connectivity index (χ2n) is 8.99. The summed E-state index contributed by atoms with van der Waals surface area (Å²) in [4.78, 5) is 38.6. The van der Waals surface area contributed by atoms with Crippen molar-refractivity contribution in [1.29, 1.82) is 0 Å². The second kappa shape index (κ2) is 11.0. The molecule has 2 aliphatic rings. The number of hydrogen-bond donors (Lipinski definition) is 4. The highest BCUT2D eigenvalue weighted by Gasteiger charge is 2.27. The van der Waals surface area contributed by atoms with Crippen molar-refractivity contribution in [3.8, 4) is 0 Å². The monoisotopic (exact) mass is 429 g/mol. The van der Waals surface area contributed by atoms with Crippen LogP contribution in [0, 0.1) is 11.8 Å². The van der Waals surface area contributed by atoms with Gasteiger partial charge in [0.1, 0.15) is 0 Å². The number of anilines is 2. The molecule has 4 N–H and O–H groups in total. The van der Waals surface area contributed by atoms with Gasteiger partial charge in [0.25, 0.3) is 0 Å². The van der Waals surface area contributed by atoms with Crippen LogP contribution < -0.4 is 21.3 Å². The zero-order valence-electron chi connectivity index (χ0n) is 18.6. The molecule has 5 amide bonds. The zero-order chi connectivity index (χ0) is 22.2. The maximum atomic E-state index is 12.5. The number of amides is 5. The molecule has 0 unspecified atom stereocenters. The zero-order valence-corrected chi connectivity index (χ0v) is 18.6. The molecule has 0 aromatic heterocycles. The van der Waals surface area contributed by atoms with E-state index in [0.29, 0.717) is 49.8 Å². The van der Waals surface area contributed by atoms with Gasteiger partial charge < -0.3 is 26.2 Å². The van der Waals surface area contributed by atoms with Crippen molar-refractivity contribution in [3.63, 3.8) is 0 Å². The minimum absolute atomic E-state index is 0.0245. The van der Waals surface area contributed by atoms with Crippen molar-refractivity contribution in [2.24, 2.45) is 11.8 Å². The molecule has 1 aromatic rings. The van der Waals surface area contributed by atoms with Gasteiger partial charge >= 0.3 is 12.1 Å². The summed E-state index contributed by atoms with van der Waals surface area (Å²) in [5.41, 5.74) is 1.35. The molecule has 0 bridgehead atoms. The van der Waals surface area contributed by atoms with E-state index in [1.807, 2.05) is 0 Å². The fourth-order valence-corrected chi connectivity index (χ4v) is 4.06. The van der Waals surface area contributed by atoms with E-state index in [1.54, 1.807) is 29.2 Å². The molecule has 0 radical (unpaired) electrons. The largest absolute Gasteiger partial charge is 0.356 e. The van der Waals surface area contributed by atoms with Crippen LogP contribution in [0.3, 0.4) is 0 Å². The van der Waals surface area contributed by atoms with Crippen molar-refractivity contribution in [2.45, 2.75) is 58.4 Å². The summed E-state index contributed by atoms with van der Waals surface area (Å²) in [6, 6.07) is 7.00. The molecular formula is C23H35N5O3. The first-order chi connectivity index (χ1) is 14.9. The smallest absolute Gasteiger partial charge is 0.321 e.